The number of amides is 1. The summed E-state index contributed by atoms with van der Waals surface area (Å²) in [6.07, 6.45) is -3.42. The number of fused-ring (bicyclic) bond motifs is 1. The van der Waals surface area contributed by atoms with E-state index in [0.717, 1.165) is 17.0 Å². The largest absolute Gasteiger partial charge is 0.573 e. The summed E-state index contributed by atoms with van der Waals surface area (Å²) in [5.41, 5.74) is 0.516. The Hall–Kier alpha value is -3.82. The van der Waals surface area contributed by atoms with Crippen molar-refractivity contribution < 1.29 is 31.8 Å². The molecular weight excluding hydrogens is 420 g/mol. The summed E-state index contributed by atoms with van der Waals surface area (Å²) in [5.74, 6) is -1.19. The quantitative estimate of drug-likeness (QED) is 0.587. The van der Waals surface area contributed by atoms with Crippen LogP contribution in [0.5, 0.6) is 11.5 Å². The first-order valence-corrected chi connectivity index (χ1v) is 8.95. The van der Waals surface area contributed by atoms with Crippen LogP contribution < -0.4 is 19.9 Å². The fraction of sp³-hybridized carbons (Fsp3) is 0.143. The number of likely N-dealkylation sites (N-methyl/N-ethyl adjacent to an activating group) is 1. The Kier molecular flexibility index (Phi) is 4.92. The van der Waals surface area contributed by atoms with Crippen molar-refractivity contribution in [2.45, 2.75) is 6.36 Å². The second-order valence-electron chi connectivity index (χ2n) is 6.69. The van der Waals surface area contributed by atoms with E-state index in [2.05, 4.69) is 4.74 Å². The fourth-order valence-corrected chi connectivity index (χ4v) is 3.22. The maximum Gasteiger partial charge on any atom is 0.573 e. The number of rotatable bonds is 3. The molecule has 3 aromatic rings. The third kappa shape index (κ3) is 3.96. The van der Waals surface area contributed by atoms with E-state index < -0.39 is 29.4 Å². The Morgan fingerprint density at radius 3 is 2.26 bits per heavy atom. The number of halogens is 4. The first-order valence-electron chi connectivity index (χ1n) is 8.95. The Morgan fingerprint density at radius 1 is 1.00 bits per heavy atom. The van der Waals surface area contributed by atoms with Crippen LogP contribution in [0, 0.1) is 5.82 Å². The minimum absolute atomic E-state index is 0.0336. The van der Waals surface area contributed by atoms with Crippen molar-refractivity contribution >= 4 is 11.6 Å². The van der Waals surface area contributed by atoms with Gasteiger partial charge in [-0.1, -0.05) is 12.1 Å². The van der Waals surface area contributed by atoms with Crippen LogP contribution in [0.1, 0.15) is 0 Å². The molecule has 160 valence electrons. The van der Waals surface area contributed by atoms with Crippen molar-refractivity contribution in [3.05, 3.63) is 70.9 Å². The summed E-state index contributed by atoms with van der Waals surface area (Å²) >= 11 is 0. The monoisotopic (exact) mass is 434 g/mol. The summed E-state index contributed by atoms with van der Waals surface area (Å²) in [5, 5.41) is 0. The highest BCUT2D eigenvalue weighted by atomic mass is 19.4. The van der Waals surface area contributed by atoms with Crippen molar-refractivity contribution in [3.63, 3.8) is 0 Å². The van der Waals surface area contributed by atoms with E-state index >= 15 is 0 Å². The number of ether oxygens (including phenoxy) is 2. The molecule has 0 atom stereocenters. The van der Waals surface area contributed by atoms with Crippen LogP contribution in [0.15, 0.2) is 59.5 Å². The summed E-state index contributed by atoms with van der Waals surface area (Å²) in [4.78, 5) is 26.4. The number of pyridine rings is 1. The predicted octanol–water partition coefficient (Wildman–Crippen LogP) is 3.90. The lowest BCUT2D eigenvalue weighted by atomic mass is 10.0. The molecule has 6 nitrogen and oxygen atoms in total. The van der Waals surface area contributed by atoms with Gasteiger partial charge >= 0.3 is 6.36 Å². The molecule has 1 aromatic heterocycles. The summed E-state index contributed by atoms with van der Waals surface area (Å²) in [6, 6.07) is 10.1. The van der Waals surface area contributed by atoms with Crippen LogP contribution in [0.2, 0.25) is 0 Å². The Bertz CT molecular complexity index is 1200. The van der Waals surface area contributed by atoms with Gasteiger partial charge in [0.05, 0.1) is 0 Å². The second-order valence-corrected chi connectivity index (χ2v) is 6.69. The third-order valence-electron chi connectivity index (χ3n) is 4.69. The molecule has 10 heteroatoms. The van der Waals surface area contributed by atoms with Crippen LogP contribution >= 0.6 is 0 Å². The number of alkyl halides is 3. The molecular formula is C21H14F4N2O4. The predicted molar refractivity (Wildman–Crippen MR) is 103 cm³/mol. The van der Waals surface area contributed by atoms with Gasteiger partial charge in [-0.15, -0.1) is 13.2 Å². The SMILES string of the molecule is CN1C(=O)COc2c(-c3ccc(F)cc3)cn(-c3ccc(OC(F)(F)F)cc3)c(=O)c21. The summed E-state index contributed by atoms with van der Waals surface area (Å²) < 4.78 is 61.2. The first kappa shape index (κ1) is 20.5. The summed E-state index contributed by atoms with van der Waals surface area (Å²) in [7, 11) is 1.42. The van der Waals surface area contributed by atoms with E-state index in [1.54, 1.807) is 0 Å². The number of carbonyl (C=O) groups excluding carboxylic acids is 1. The third-order valence-corrected chi connectivity index (χ3v) is 4.69. The van der Waals surface area contributed by atoms with Crippen LogP contribution in [0.3, 0.4) is 0 Å². The molecule has 0 N–H and O–H groups in total. The molecule has 1 aliphatic rings. The Labute approximate surface area is 172 Å². The molecule has 0 unspecified atom stereocenters. The highest BCUT2D eigenvalue weighted by Gasteiger charge is 2.32. The fourth-order valence-electron chi connectivity index (χ4n) is 3.22. The molecule has 0 saturated carbocycles. The van der Waals surface area contributed by atoms with Gasteiger partial charge in [-0.2, -0.15) is 0 Å². The van der Waals surface area contributed by atoms with Crippen molar-refractivity contribution in [3.8, 4) is 28.3 Å². The van der Waals surface area contributed by atoms with E-state index in [4.69, 9.17) is 4.74 Å². The normalized spacial score (nSPS) is 13.6. The first-order chi connectivity index (χ1) is 14.6. The average molecular weight is 434 g/mol. The maximum absolute atomic E-state index is 13.4. The van der Waals surface area contributed by atoms with Crippen LogP contribution in [0.4, 0.5) is 23.2 Å². The van der Waals surface area contributed by atoms with Gasteiger partial charge in [-0.3, -0.25) is 14.2 Å². The van der Waals surface area contributed by atoms with Gasteiger partial charge in [-0.05, 0) is 42.0 Å². The molecule has 31 heavy (non-hydrogen) atoms. The number of hydrogen-bond acceptors (Lipinski definition) is 4. The number of hydrogen-bond donors (Lipinski definition) is 0. The highest BCUT2D eigenvalue weighted by molar-refractivity contribution is 5.99. The van der Waals surface area contributed by atoms with E-state index in [1.807, 2.05) is 0 Å². The van der Waals surface area contributed by atoms with E-state index in [-0.39, 0.29) is 23.7 Å². The van der Waals surface area contributed by atoms with Gasteiger partial charge in [0.2, 0.25) is 0 Å². The number of benzene rings is 2. The zero-order chi connectivity index (χ0) is 22.3. The van der Waals surface area contributed by atoms with Crippen molar-refractivity contribution in [2.75, 3.05) is 18.6 Å². The zero-order valence-electron chi connectivity index (χ0n) is 15.9. The minimum atomic E-state index is -4.85. The zero-order valence-corrected chi connectivity index (χ0v) is 15.9. The molecule has 1 aliphatic heterocycles. The molecule has 0 fully saturated rings. The molecule has 1 amide bonds. The molecule has 0 aliphatic carbocycles. The van der Waals surface area contributed by atoms with E-state index in [0.29, 0.717) is 11.1 Å². The number of aromatic nitrogens is 1. The van der Waals surface area contributed by atoms with Gasteiger partial charge in [-0.25, -0.2) is 4.39 Å². The van der Waals surface area contributed by atoms with Crippen LogP contribution in [-0.2, 0) is 4.79 Å². The molecule has 4 rings (SSSR count). The smallest absolute Gasteiger partial charge is 0.481 e. The lowest BCUT2D eigenvalue weighted by molar-refractivity contribution is -0.274. The van der Waals surface area contributed by atoms with Crippen molar-refractivity contribution in [1.29, 1.82) is 0 Å². The van der Waals surface area contributed by atoms with Crippen LogP contribution in [0.25, 0.3) is 16.8 Å². The minimum Gasteiger partial charge on any atom is -0.481 e. The lowest BCUT2D eigenvalue weighted by Gasteiger charge is -2.28. The Balaban J connectivity index is 1.89. The molecule has 0 saturated heterocycles. The van der Waals surface area contributed by atoms with Crippen molar-refractivity contribution in [2.24, 2.45) is 0 Å². The van der Waals surface area contributed by atoms with Gasteiger partial charge in [0, 0.05) is 24.5 Å². The highest BCUT2D eigenvalue weighted by Crippen LogP contribution is 2.38. The maximum atomic E-state index is 13.4. The van der Waals surface area contributed by atoms with Crippen molar-refractivity contribution in [1.82, 2.24) is 4.57 Å². The molecule has 2 heterocycles. The number of nitrogens with zero attached hydrogens (tertiary/aromatic N) is 2. The van der Waals surface area contributed by atoms with Crippen LogP contribution in [-0.4, -0.2) is 30.5 Å². The van der Waals surface area contributed by atoms with Gasteiger partial charge < -0.3 is 14.4 Å². The van der Waals surface area contributed by atoms with E-state index in [1.165, 1.54) is 54.2 Å². The number of carbonyl (C=O) groups is 1. The molecule has 0 spiro atoms. The second kappa shape index (κ2) is 7.46. The average Bonchev–Trinajstić information content (AvgIpc) is 2.71. The van der Waals surface area contributed by atoms with Gasteiger partial charge in [0.25, 0.3) is 11.5 Å². The summed E-state index contributed by atoms with van der Waals surface area (Å²) in [6.45, 7) is -0.273. The Morgan fingerprint density at radius 2 is 1.65 bits per heavy atom. The molecule has 2 aromatic carbocycles. The van der Waals surface area contributed by atoms with E-state index in [9.17, 15) is 27.2 Å². The topological polar surface area (TPSA) is 60.8 Å². The van der Waals surface area contributed by atoms with Gasteiger partial charge in [0.15, 0.2) is 18.0 Å². The standard InChI is InChI=1S/C21H14F4N2O4/c1-26-17(28)11-30-19-16(12-2-4-13(22)5-3-12)10-27(20(29)18(19)26)14-6-8-15(9-7-14)31-21(23,24)25/h2-10H,11H2,1H3. The van der Waals surface area contributed by atoms with Gasteiger partial charge in [0.1, 0.15) is 11.6 Å². The lowest BCUT2D eigenvalue weighted by Crippen LogP contribution is -2.40. The molecule has 0 radical (unpaired) electrons. The molecule has 0 bridgehead atoms. The number of anilines is 1.